The van der Waals surface area contributed by atoms with Crippen LogP contribution in [-0.4, -0.2) is 32.3 Å². The van der Waals surface area contributed by atoms with E-state index in [2.05, 4.69) is 22.7 Å². The van der Waals surface area contributed by atoms with Crippen LogP contribution in [0.3, 0.4) is 0 Å². The minimum absolute atomic E-state index is 0.477. The molecule has 0 aromatic carbocycles. The maximum atomic E-state index is 5.42. The van der Waals surface area contributed by atoms with E-state index in [1.807, 2.05) is 0 Å². The van der Waals surface area contributed by atoms with Crippen molar-refractivity contribution in [2.45, 2.75) is 38.6 Å². The average Bonchev–Trinajstić information content (AvgIpc) is 3.10. The van der Waals surface area contributed by atoms with Crippen LogP contribution >= 0.6 is 0 Å². The first-order chi connectivity index (χ1) is 7.80. The first-order valence-electron chi connectivity index (χ1n) is 6.06. The molecule has 16 heavy (non-hydrogen) atoms. The highest BCUT2D eigenvalue weighted by Gasteiger charge is 2.24. The number of methoxy groups -OCH3 is 1. The number of nitrogens with one attached hydrogen (secondary N) is 2. The van der Waals surface area contributed by atoms with Crippen molar-refractivity contribution >= 4 is 5.96 Å². The number of hydrogen-bond acceptors (Lipinski definition) is 3. The van der Waals surface area contributed by atoms with E-state index in [0.717, 1.165) is 12.3 Å². The van der Waals surface area contributed by atoms with Crippen LogP contribution in [0.1, 0.15) is 32.6 Å². The van der Waals surface area contributed by atoms with Gasteiger partial charge in [0, 0.05) is 13.2 Å². The fraction of sp³-hybridized carbons (Fsp3) is 0.909. The molecule has 0 bridgehead atoms. The van der Waals surface area contributed by atoms with E-state index in [1.54, 1.807) is 7.11 Å². The molecular formula is C11H24N4O. The van der Waals surface area contributed by atoms with Gasteiger partial charge < -0.3 is 10.1 Å². The van der Waals surface area contributed by atoms with Crippen LogP contribution in [0, 0.1) is 5.92 Å². The summed E-state index contributed by atoms with van der Waals surface area (Å²) >= 11 is 0. The number of hydrazine groups is 1. The number of aliphatic imine (C=N–C) groups is 1. The number of nitrogens with two attached hydrogens (primary N) is 1. The van der Waals surface area contributed by atoms with Crippen LogP contribution in [-0.2, 0) is 4.74 Å². The van der Waals surface area contributed by atoms with Crippen molar-refractivity contribution < 1.29 is 4.74 Å². The molecule has 1 saturated carbocycles. The zero-order valence-electron chi connectivity index (χ0n) is 10.3. The SMILES string of the molecule is CCC(CC1CC1)NC(=NCCOC)NN. The number of rotatable bonds is 7. The zero-order valence-corrected chi connectivity index (χ0v) is 10.3. The Morgan fingerprint density at radius 1 is 1.56 bits per heavy atom. The summed E-state index contributed by atoms with van der Waals surface area (Å²) in [6, 6.07) is 0.477. The first kappa shape index (κ1) is 13.3. The van der Waals surface area contributed by atoms with E-state index in [1.165, 1.54) is 19.3 Å². The Morgan fingerprint density at radius 3 is 2.81 bits per heavy atom. The zero-order chi connectivity index (χ0) is 11.8. The third kappa shape index (κ3) is 5.32. The Hall–Kier alpha value is -0.810. The molecule has 0 amide bonds. The maximum absolute atomic E-state index is 5.42. The highest BCUT2D eigenvalue weighted by Crippen LogP contribution is 2.33. The monoisotopic (exact) mass is 228 g/mol. The van der Waals surface area contributed by atoms with Gasteiger partial charge >= 0.3 is 0 Å². The van der Waals surface area contributed by atoms with Crippen LogP contribution < -0.4 is 16.6 Å². The standard InChI is InChI=1S/C11H24N4O/c1-3-10(8-9-4-5-9)14-11(15-12)13-6-7-16-2/h9-10H,3-8,12H2,1-2H3,(H2,13,14,15). The van der Waals surface area contributed by atoms with Gasteiger partial charge in [-0.05, 0) is 18.8 Å². The molecule has 0 saturated heterocycles. The Morgan fingerprint density at radius 2 is 2.31 bits per heavy atom. The normalized spacial score (nSPS) is 18.3. The second-order valence-corrected chi connectivity index (χ2v) is 4.30. The summed E-state index contributed by atoms with van der Waals surface area (Å²) in [4.78, 5) is 4.29. The lowest BCUT2D eigenvalue weighted by Gasteiger charge is -2.18. The molecule has 0 heterocycles. The van der Waals surface area contributed by atoms with Crippen molar-refractivity contribution in [3.05, 3.63) is 0 Å². The second-order valence-electron chi connectivity index (χ2n) is 4.30. The number of ether oxygens (including phenoxy) is 1. The van der Waals surface area contributed by atoms with Gasteiger partial charge in [-0.15, -0.1) is 0 Å². The van der Waals surface area contributed by atoms with Crippen molar-refractivity contribution in [2.75, 3.05) is 20.3 Å². The molecule has 0 aromatic rings. The van der Waals surface area contributed by atoms with Crippen LogP contribution in [0.15, 0.2) is 4.99 Å². The van der Waals surface area contributed by atoms with Gasteiger partial charge in [-0.1, -0.05) is 19.8 Å². The quantitative estimate of drug-likeness (QED) is 0.196. The molecule has 1 aliphatic carbocycles. The molecule has 4 N–H and O–H groups in total. The molecular weight excluding hydrogens is 204 g/mol. The molecule has 0 aliphatic heterocycles. The van der Waals surface area contributed by atoms with E-state index in [0.29, 0.717) is 25.2 Å². The predicted molar refractivity (Wildman–Crippen MR) is 66.1 cm³/mol. The topological polar surface area (TPSA) is 71.7 Å². The summed E-state index contributed by atoms with van der Waals surface area (Å²) in [5, 5.41) is 3.34. The lowest BCUT2D eigenvalue weighted by Crippen LogP contribution is -2.46. The highest BCUT2D eigenvalue weighted by molar-refractivity contribution is 5.79. The number of nitrogens with zero attached hydrogens (tertiary/aromatic N) is 1. The van der Waals surface area contributed by atoms with Gasteiger partial charge in [0.1, 0.15) is 0 Å². The summed E-state index contributed by atoms with van der Waals surface area (Å²) in [7, 11) is 1.67. The molecule has 1 unspecified atom stereocenters. The molecule has 1 rings (SSSR count). The highest BCUT2D eigenvalue weighted by atomic mass is 16.5. The number of guanidine groups is 1. The van der Waals surface area contributed by atoms with Crippen LogP contribution in [0.4, 0.5) is 0 Å². The molecule has 5 nitrogen and oxygen atoms in total. The van der Waals surface area contributed by atoms with Crippen molar-refractivity contribution in [3.63, 3.8) is 0 Å². The van der Waals surface area contributed by atoms with E-state index in [4.69, 9.17) is 10.6 Å². The molecule has 1 aliphatic rings. The molecule has 0 spiro atoms. The fourth-order valence-electron chi connectivity index (χ4n) is 1.66. The molecule has 5 heteroatoms. The minimum atomic E-state index is 0.477. The van der Waals surface area contributed by atoms with Gasteiger partial charge in [0.05, 0.1) is 13.2 Å². The van der Waals surface area contributed by atoms with Gasteiger partial charge in [0.25, 0.3) is 0 Å². The molecule has 94 valence electrons. The lowest BCUT2D eigenvalue weighted by atomic mass is 10.1. The van der Waals surface area contributed by atoms with E-state index < -0.39 is 0 Å². The van der Waals surface area contributed by atoms with E-state index >= 15 is 0 Å². The first-order valence-corrected chi connectivity index (χ1v) is 6.06. The van der Waals surface area contributed by atoms with E-state index in [-0.39, 0.29) is 0 Å². The smallest absolute Gasteiger partial charge is 0.206 e. The molecule has 1 fully saturated rings. The summed E-state index contributed by atoms with van der Waals surface area (Å²) in [6.45, 7) is 3.43. The van der Waals surface area contributed by atoms with Crippen LogP contribution in [0.25, 0.3) is 0 Å². The largest absolute Gasteiger partial charge is 0.383 e. The molecule has 1 atom stereocenters. The predicted octanol–water partition coefficient (Wildman–Crippen LogP) is 0.620. The van der Waals surface area contributed by atoms with Crippen molar-refractivity contribution in [3.8, 4) is 0 Å². The third-order valence-corrected chi connectivity index (χ3v) is 2.85. The molecule has 0 radical (unpaired) electrons. The van der Waals surface area contributed by atoms with Crippen molar-refractivity contribution in [1.29, 1.82) is 0 Å². The van der Waals surface area contributed by atoms with Crippen molar-refractivity contribution in [1.82, 2.24) is 10.7 Å². The van der Waals surface area contributed by atoms with Crippen LogP contribution in [0.2, 0.25) is 0 Å². The Bertz CT molecular complexity index is 216. The van der Waals surface area contributed by atoms with Gasteiger partial charge in [-0.2, -0.15) is 0 Å². The fourth-order valence-corrected chi connectivity index (χ4v) is 1.66. The summed E-state index contributed by atoms with van der Waals surface area (Å²) in [5.41, 5.74) is 2.60. The Balaban J connectivity index is 2.29. The molecule has 0 aromatic heterocycles. The summed E-state index contributed by atoms with van der Waals surface area (Å²) in [5.74, 6) is 7.00. The minimum Gasteiger partial charge on any atom is -0.383 e. The van der Waals surface area contributed by atoms with Crippen LogP contribution in [0.5, 0.6) is 0 Å². The Labute approximate surface area is 97.8 Å². The van der Waals surface area contributed by atoms with Crippen molar-refractivity contribution in [2.24, 2.45) is 16.8 Å². The van der Waals surface area contributed by atoms with E-state index in [9.17, 15) is 0 Å². The summed E-state index contributed by atoms with van der Waals surface area (Å²) in [6.07, 6.45) is 5.08. The number of hydrogen-bond donors (Lipinski definition) is 3. The van der Waals surface area contributed by atoms with Gasteiger partial charge in [0.15, 0.2) is 0 Å². The summed E-state index contributed by atoms with van der Waals surface area (Å²) < 4.78 is 4.94. The lowest BCUT2D eigenvalue weighted by molar-refractivity contribution is 0.208. The maximum Gasteiger partial charge on any atom is 0.206 e. The van der Waals surface area contributed by atoms with Gasteiger partial charge in [0.2, 0.25) is 5.96 Å². The van der Waals surface area contributed by atoms with Gasteiger partial charge in [-0.25, -0.2) is 10.8 Å². The second kappa shape index (κ2) is 7.46. The third-order valence-electron chi connectivity index (χ3n) is 2.85. The average molecular weight is 228 g/mol. The van der Waals surface area contributed by atoms with Gasteiger partial charge in [-0.3, -0.25) is 5.43 Å². The Kier molecular flexibility index (Phi) is 6.18.